The van der Waals surface area contributed by atoms with Gasteiger partial charge in [-0.05, 0) is 58.2 Å². The summed E-state index contributed by atoms with van der Waals surface area (Å²) in [4.78, 5) is 5.31. The fourth-order valence-corrected chi connectivity index (χ4v) is 3.54. The summed E-state index contributed by atoms with van der Waals surface area (Å²) >= 11 is 0. The second kappa shape index (κ2) is 6.17. The van der Waals surface area contributed by atoms with Crippen LogP contribution in [0.5, 0.6) is 0 Å². The number of nitrogens with zero attached hydrogens (tertiary/aromatic N) is 2. The topological polar surface area (TPSA) is 32.5 Å². The standard InChI is InChI=1S/C14H29N3/c1-12-4-3-8-17(13(12)2)14-5-9-16(10-6-14)11-7-15/h12-14H,3-11,15H2,1-2H3. The Hall–Kier alpha value is -0.120. The van der Waals surface area contributed by atoms with Crippen molar-refractivity contribution in [3.05, 3.63) is 0 Å². The quantitative estimate of drug-likeness (QED) is 0.811. The fraction of sp³-hybridized carbons (Fsp3) is 1.00. The van der Waals surface area contributed by atoms with E-state index in [1.807, 2.05) is 0 Å². The van der Waals surface area contributed by atoms with Crippen LogP contribution < -0.4 is 5.73 Å². The largest absolute Gasteiger partial charge is 0.329 e. The number of hydrogen-bond acceptors (Lipinski definition) is 3. The minimum Gasteiger partial charge on any atom is -0.329 e. The lowest BCUT2D eigenvalue weighted by Gasteiger charge is -2.46. The van der Waals surface area contributed by atoms with Crippen molar-refractivity contribution in [1.29, 1.82) is 0 Å². The van der Waals surface area contributed by atoms with Crippen LogP contribution in [0, 0.1) is 5.92 Å². The predicted octanol–water partition coefficient (Wildman–Crippen LogP) is 1.53. The van der Waals surface area contributed by atoms with Crippen LogP contribution in [0.25, 0.3) is 0 Å². The van der Waals surface area contributed by atoms with Gasteiger partial charge in [0.05, 0.1) is 0 Å². The van der Waals surface area contributed by atoms with Gasteiger partial charge in [-0.25, -0.2) is 0 Å². The third kappa shape index (κ3) is 3.21. The molecule has 2 aliphatic heterocycles. The molecule has 2 atom stereocenters. The highest BCUT2D eigenvalue weighted by molar-refractivity contribution is 4.87. The van der Waals surface area contributed by atoms with Crippen molar-refractivity contribution in [2.45, 2.75) is 51.6 Å². The van der Waals surface area contributed by atoms with Crippen molar-refractivity contribution in [2.75, 3.05) is 32.7 Å². The Kier molecular flexibility index (Phi) is 4.83. The lowest BCUT2D eigenvalue weighted by molar-refractivity contribution is 0.0338. The van der Waals surface area contributed by atoms with Crippen LogP contribution in [-0.2, 0) is 0 Å². The number of likely N-dealkylation sites (tertiary alicyclic amines) is 2. The predicted molar refractivity (Wildman–Crippen MR) is 73.1 cm³/mol. The first kappa shape index (κ1) is 13.3. The van der Waals surface area contributed by atoms with E-state index in [1.54, 1.807) is 0 Å². The normalized spacial score (nSPS) is 34.1. The summed E-state index contributed by atoms with van der Waals surface area (Å²) in [6, 6.07) is 1.62. The third-order valence-corrected chi connectivity index (χ3v) is 4.89. The molecule has 0 bridgehead atoms. The maximum absolute atomic E-state index is 5.62. The van der Waals surface area contributed by atoms with E-state index < -0.39 is 0 Å². The van der Waals surface area contributed by atoms with E-state index in [1.165, 1.54) is 45.3 Å². The number of nitrogens with two attached hydrogens (primary N) is 1. The molecule has 0 aromatic carbocycles. The van der Waals surface area contributed by atoms with Gasteiger partial charge < -0.3 is 10.6 Å². The summed E-state index contributed by atoms with van der Waals surface area (Å²) in [5.41, 5.74) is 5.62. The van der Waals surface area contributed by atoms with Crippen molar-refractivity contribution in [3.8, 4) is 0 Å². The highest BCUT2D eigenvalue weighted by Gasteiger charge is 2.31. The van der Waals surface area contributed by atoms with E-state index in [2.05, 4.69) is 23.6 Å². The summed E-state index contributed by atoms with van der Waals surface area (Å²) < 4.78 is 0. The maximum atomic E-state index is 5.62. The third-order valence-electron chi connectivity index (χ3n) is 4.89. The maximum Gasteiger partial charge on any atom is 0.0122 e. The average Bonchev–Trinajstić information content (AvgIpc) is 2.34. The molecule has 2 heterocycles. The van der Waals surface area contributed by atoms with Gasteiger partial charge in [-0.2, -0.15) is 0 Å². The average molecular weight is 239 g/mol. The Morgan fingerprint density at radius 2 is 1.76 bits per heavy atom. The molecule has 0 spiro atoms. The molecule has 17 heavy (non-hydrogen) atoms. The molecule has 0 aliphatic carbocycles. The summed E-state index contributed by atoms with van der Waals surface area (Å²) in [6.45, 7) is 10.6. The molecule has 2 unspecified atom stereocenters. The van der Waals surface area contributed by atoms with Crippen LogP contribution in [-0.4, -0.2) is 54.6 Å². The van der Waals surface area contributed by atoms with E-state index in [9.17, 15) is 0 Å². The zero-order valence-corrected chi connectivity index (χ0v) is 11.6. The molecule has 0 amide bonds. The number of rotatable bonds is 3. The van der Waals surface area contributed by atoms with E-state index in [4.69, 9.17) is 5.73 Å². The van der Waals surface area contributed by atoms with Crippen LogP contribution in [0.2, 0.25) is 0 Å². The molecule has 2 saturated heterocycles. The molecule has 3 heteroatoms. The van der Waals surface area contributed by atoms with Crippen LogP contribution in [0.15, 0.2) is 0 Å². The molecule has 0 radical (unpaired) electrons. The molecule has 0 saturated carbocycles. The van der Waals surface area contributed by atoms with Crippen molar-refractivity contribution in [2.24, 2.45) is 11.7 Å². The zero-order valence-electron chi connectivity index (χ0n) is 11.6. The van der Waals surface area contributed by atoms with E-state index in [-0.39, 0.29) is 0 Å². The van der Waals surface area contributed by atoms with E-state index >= 15 is 0 Å². The van der Waals surface area contributed by atoms with Crippen molar-refractivity contribution in [3.63, 3.8) is 0 Å². The van der Waals surface area contributed by atoms with Crippen molar-refractivity contribution >= 4 is 0 Å². The lowest BCUT2D eigenvalue weighted by Crippen LogP contribution is -2.52. The molecule has 3 nitrogen and oxygen atoms in total. The SMILES string of the molecule is CC1CCCN(C2CCN(CCN)CC2)C1C. The Labute approximate surface area is 106 Å². The van der Waals surface area contributed by atoms with E-state index in [0.717, 1.165) is 31.1 Å². The van der Waals surface area contributed by atoms with Gasteiger partial charge in [-0.3, -0.25) is 4.90 Å². The van der Waals surface area contributed by atoms with Crippen LogP contribution >= 0.6 is 0 Å². The smallest absolute Gasteiger partial charge is 0.0122 e. The molecular formula is C14H29N3. The molecule has 100 valence electrons. The van der Waals surface area contributed by atoms with Crippen molar-refractivity contribution < 1.29 is 0 Å². The molecule has 2 aliphatic rings. The first-order valence-electron chi connectivity index (χ1n) is 7.40. The van der Waals surface area contributed by atoms with Crippen LogP contribution in [0.1, 0.15) is 39.5 Å². The summed E-state index contributed by atoms with van der Waals surface area (Å²) in [6.07, 6.45) is 5.51. The van der Waals surface area contributed by atoms with Gasteiger partial charge in [0.1, 0.15) is 0 Å². The molecule has 0 aromatic rings. The lowest BCUT2D eigenvalue weighted by atomic mass is 9.89. The zero-order chi connectivity index (χ0) is 12.3. The minimum atomic E-state index is 0.787. The van der Waals surface area contributed by atoms with Gasteiger partial charge in [0.25, 0.3) is 0 Å². The summed E-state index contributed by atoms with van der Waals surface area (Å²) in [5.74, 6) is 0.880. The highest BCUT2D eigenvalue weighted by Crippen LogP contribution is 2.28. The summed E-state index contributed by atoms with van der Waals surface area (Å²) in [7, 11) is 0. The Morgan fingerprint density at radius 3 is 2.41 bits per heavy atom. The van der Waals surface area contributed by atoms with Gasteiger partial charge in [-0.1, -0.05) is 6.92 Å². The van der Waals surface area contributed by atoms with Crippen LogP contribution in [0.3, 0.4) is 0 Å². The Balaban J connectivity index is 1.83. The van der Waals surface area contributed by atoms with E-state index in [0.29, 0.717) is 0 Å². The number of hydrogen-bond donors (Lipinski definition) is 1. The minimum absolute atomic E-state index is 0.787. The summed E-state index contributed by atoms with van der Waals surface area (Å²) in [5, 5.41) is 0. The second-order valence-electron chi connectivity index (χ2n) is 5.96. The molecule has 2 rings (SSSR count). The first-order valence-corrected chi connectivity index (χ1v) is 7.40. The number of piperidine rings is 2. The Morgan fingerprint density at radius 1 is 1.06 bits per heavy atom. The molecular weight excluding hydrogens is 210 g/mol. The Bertz CT molecular complexity index is 224. The van der Waals surface area contributed by atoms with Crippen molar-refractivity contribution in [1.82, 2.24) is 9.80 Å². The van der Waals surface area contributed by atoms with Crippen LogP contribution in [0.4, 0.5) is 0 Å². The highest BCUT2D eigenvalue weighted by atomic mass is 15.2. The van der Waals surface area contributed by atoms with Gasteiger partial charge in [0, 0.05) is 25.2 Å². The van der Waals surface area contributed by atoms with Gasteiger partial charge in [0.15, 0.2) is 0 Å². The molecule has 0 aromatic heterocycles. The molecule has 2 fully saturated rings. The monoisotopic (exact) mass is 239 g/mol. The fourth-order valence-electron chi connectivity index (χ4n) is 3.54. The van der Waals surface area contributed by atoms with Gasteiger partial charge in [-0.15, -0.1) is 0 Å². The second-order valence-corrected chi connectivity index (χ2v) is 5.96. The molecule has 2 N–H and O–H groups in total. The van der Waals surface area contributed by atoms with Gasteiger partial charge in [0.2, 0.25) is 0 Å². The first-order chi connectivity index (χ1) is 8.22. The van der Waals surface area contributed by atoms with Gasteiger partial charge >= 0.3 is 0 Å².